The van der Waals surface area contributed by atoms with E-state index in [2.05, 4.69) is 10.5 Å². The molecular weight excluding hydrogens is 438 g/mol. The normalized spacial score (nSPS) is 12.9. The molecule has 0 aliphatic carbocycles. The van der Waals surface area contributed by atoms with Crippen molar-refractivity contribution in [2.45, 2.75) is 20.4 Å². The predicted octanol–water partition coefficient (Wildman–Crippen LogP) is 3.89. The third kappa shape index (κ3) is 4.73. The van der Waals surface area contributed by atoms with Gasteiger partial charge in [-0.3, -0.25) is 9.59 Å². The predicted molar refractivity (Wildman–Crippen MR) is 126 cm³/mol. The molecule has 9 heteroatoms. The molecular formula is C25H25N3O6. The Hall–Kier alpha value is -4.27. The maximum Gasteiger partial charge on any atom is 0.265 e. The maximum absolute atomic E-state index is 12.6. The molecule has 1 aliphatic rings. The fourth-order valence-electron chi connectivity index (χ4n) is 3.65. The van der Waals surface area contributed by atoms with Crippen LogP contribution in [0.4, 0.5) is 11.4 Å². The minimum atomic E-state index is -0.324. The van der Waals surface area contributed by atoms with Crippen LogP contribution in [0.15, 0.2) is 47.0 Å². The molecule has 1 aromatic heterocycles. The first-order valence-corrected chi connectivity index (χ1v) is 10.6. The Kier molecular flexibility index (Phi) is 6.53. The van der Waals surface area contributed by atoms with Crippen LogP contribution in [0.5, 0.6) is 17.2 Å². The summed E-state index contributed by atoms with van der Waals surface area (Å²) in [5, 5.41) is 6.79. The summed E-state index contributed by atoms with van der Waals surface area (Å²) >= 11 is 0. The second-order valence-electron chi connectivity index (χ2n) is 7.69. The Morgan fingerprint density at radius 2 is 1.94 bits per heavy atom. The van der Waals surface area contributed by atoms with Crippen LogP contribution in [0.25, 0.3) is 6.08 Å². The van der Waals surface area contributed by atoms with Crippen molar-refractivity contribution in [2.24, 2.45) is 0 Å². The lowest BCUT2D eigenvalue weighted by atomic mass is 10.1. The van der Waals surface area contributed by atoms with E-state index in [0.717, 1.165) is 16.8 Å². The molecule has 1 aliphatic heterocycles. The molecule has 9 nitrogen and oxygen atoms in total. The van der Waals surface area contributed by atoms with E-state index >= 15 is 0 Å². The third-order valence-corrected chi connectivity index (χ3v) is 5.50. The summed E-state index contributed by atoms with van der Waals surface area (Å²) in [6, 6.07) is 10.5. The van der Waals surface area contributed by atoms with Gasteiger partial charge in [-0.1, -0.05) is 11.2 Å². The van der Waals surface area contributed by atoms with Crippen molar-refractivity contribution in [2.75, 3.05) is 31.0 Å². The number of aromatic nitrogens is 1. The third-order valence-electron chi connectivity index (χ3n) is 5.50. The number of carbonyl (C=O) groups excluding carboxylic acids is 2. The number of rotatable bonds is 7. The summed E-state index contributed by atoms with van der Waals surface area (Å²) < 4.78 is 21.3. The second kappa shape index (κ2) is 9.70. The fourth-order valence-corrected chi connectivity index (χ4v) is 3.65. The number of nitrogens with zero attached hydrogens (tertiary/aromatic N) is 2. The van der Waals surface area contributed by atoms with Gasteiger partial charge in [0.2, 0.25) is 5.91 Å². The number of carbonyl (C=O) groups is 2. The molecule has 4 rings (SSSR count). The van der Waals surface area contributed by atoms with Gasteiger partial charge in [0, 0.05) is 17.3 Å². The van der Waals surface area contributed by atoms with Crippen LogP contribution in [0.1, 0.15) is 22.6 Å². The molecule has 1 N–H and O–H groups in total. The highest BCUT2D eigenvalue weighted by molar-refractivity contribution is 6.03. The van der Waals surface area contributed by atoms with Crippen LogP contribution in [0.2, 0.25) is 0 Å². The summed E-state index contributed by atoms with van der Waals surface area (Å²) in [6.07, 6.45) is 3.09. The van der Waals surface area contributed by atoms with Crippen LogP contribution in [0.3, 0.4) is 0 Å². The van der Waals surface area contributed by atoms with E-state index in [0.29, 0.717) is 40.9 Å². The summed E-state index contributed by atoms with van der Waals surface area (Å²) in [7, 11) is 3.12. The Bertz CT molecular complexity index is 1240. The van der Waals surface area contributed by atoms with Crippen molar-refractivity contribution in [1.29, 1.82) is 0 Å². The number of anilines is 2. The first-order valence-electron chi connectivity index (χ1n) is 10.6. The minimum Gasteiger partial charge on any atom is -0.493 e. The SMILES string of the molecule is COc1ccc(/C=C/C(=O)Nc2ccc3c(c2)N(Cc2c(C)noc2C)C(=O)CO3)cc1OC. The number of amides is 2. The van der Waals surface area contributed by atoms with Crippen molar-refractivity contribution in [3.63, 3.8) is 0 Å². The van der Waals surface area contributed by atoms with Crippen molar-refractivity contribution >= 4 is 29.3 Å². The van der Waals surface area contributed by atoms with Crippen molar-refractivity contribution in [3.05, 3.63) is 65.1 Å². The highest BCUT2D eigenvalue weighted by Gasteiger charge is 2.28. The monoisotopic (exact) mass is 463 g/mol. The molecule has 2 aromatic carbocycles. The molecule has 0 spiro atoms. The molecule has 2 amide bonds. The number of hydrogen-bond donors (Lipinski definition) is 1. The van der Waals surface area contributed by atoms with Crippen LogP contribution >= 0.6 is 0 Å². The van der Waals surface area contributed by atoms with Gasteiger partial charge in [0.05, 0.1) is 32.1 Å². The summed E-state index contributed by atoms with van der Waals surface area (Å²) in [6.45, 7) is 3.88. The molecule has 2 heterocycles. The Labute approximate surface area is 196 Å². The molecule has 176 valence electrons. The number of methoxy groups -OCH3 is 2. The topological polar surface area (TPSA) is 103 Å². The molecule has 0 unspecified atom stereocenters. The lowest BCUT2D eigenvalue weighted by molar-refractivity contribution is -0.121. The molecule has 0 saturated heterocycles. The Balaban J connectivity index is 1.52. The van der Waals surface area contributed by atoms with E-state index < -0.39 is 0 Å². The van der Waals surface area contributed by atoms with Crippen LogP contribution < -0.4 is 24.4 Å². The van der Waals surface area contributed by atoms with Gasteiger partial charge < -0.3 is 29.0 Å². The van der Waals surface area contributed by atoms with Gasteiger partial charge in [0.15, 0.2) is 18.1 Å². The van der Waals surface area contributed by atoms with E-state index in [1.54, 1.807) is 55.5 Å². The lowest BCUT2D eigenvalue weighted by Crippen LogP contribution is -2.38. The largest absolute Gasteiger partial charge is 0.493 e. The minimum absolute atomic E-state index is 0.0594. The quantitative estimate of drug-likeness (QED) is 0.530. The molecule has 34 heavy (non-hydrogen) atoms. The molecule has 0 radical (unpaired) electrons. The van der Waals surface area contributed by atoms with Gasteiger partial charge in [-0.25, -0.2) is 0 Å². The summed E-state index contributed by atoms with van der Waals surface area (Å²) in [5.41, 5.74) is 3.44. The molecule has 0 atom stereocenters. The van der Waals surface area contributed by atoms with E-state index in [9.17, 15) is 9.59 Å². The number of benzene rings is 2. The van der Waals surface area contributed by atoms with Crippen molar-refractivity contribution in [1.82, 2.24) is 5.16 Å². The first-order chi connectivity index (χ1) is 16.4. The zero-order valence-corrected chi connectivity index (χ0v) is 19.4. The van der Waals surface area contributed by atoms with Crippen molar-refractivity contribution in [3.8, 4) is 17.2 Å². The van der Waals surface area contributed by atoms with Gasteiger partial charge in [-0.15, -0.1) is 0 Å². The average Bonchev–Trinajstić information content (AvgIpc) is 3.16. The zero-order valence-electron chi connectivity index (χ0n) is 19.4. The zero-order chi connectivity index (χ0) is 24.2. The molecule has 0 saturated carbocycles. The van der Waals surface area contributed by atoms with Crippen LogP contribution in [0, 0.1) is 13.8 Å². The highest BCUT2D eigenvalue weighted by Crippen LogP contribution is 2.36. The van der Waals surface area contributed by atoms with Crippen LogP contribution in [-0.2, 0) is 16.1 Å². The van der Waals surface area contributed by atoms with Gasteiger partial charge in [0.1, 0.15) is 11.5 Å². The highest BCUT2D eigenvalue weighted by atomic mass is 16.5. The number of nitrogens with one attached hydrogen (secondary N) is 1. The van der Waals surface area contributed by atoms with E-state index in [-0.39, 0.29) is 18.4 Å². The van der Waals surface area contributed by atoms with Gasteiger partial charge in [-0.2, -0.15) is 0 Å². The van der Waals surface area contributed by atoms with Gasteiger partial charge >= 0.3 is 0 Å². The average molecular weight is 463 g/mol. The fraction of sp³-hybridized carbons (Fsp3) is 0.240. The first kappa shape index (κ1) is 22.9. The number of hydrogen-bond acceptors (Lipinski definition) is 7. The Morgan fingerprint density at radius 3 is 2.65 bits per heavy atom. The van der Waals surface area contributed by atoms with E-state index in [4.69, 9.17) is 18.7 Å². The van der Waals surface area contributed by atoms with Crippen molar-refractivity contribution < 1.29 is 28.3 Å². The second-order valence-corrected chi connectivity index (χ2v) is 7.69. The van der Waals surface area contributed by atoms with E-state index in [1.807, 2.05) is 19.9 Å². The van der Waals surface area contributed by atoms with Gasteiger partial charge in [-0.05, 0) is 55.8 Å². The smallest absolute Gasteiger partial charge is 0.265 e. The summed E-state index contributed by atoms with van der Waals surface area (Å²) in [4.78, 5) is 26.8. The Morgan fingerprint density at radius 1 is 1.15 bits per heavy atom. The number of ether oxygens (including phenoxy) is 3. The number of fused-ring (bicyclic) bond motifs is 1. The van der Waals surface area contributed by atoms with Gasteiger partial charge in [0.25, 0.3) is 5.91 Å². The molecule has 0 bridgehead atoms. The maximum atomic E-state index is 12.6. The molecule has 0 fully saturated rings. The number of aryl methyl sites for hydroxylation is 2. The van der Waals surface area contributed by atoms with Crippen LogP contribution in [-0.4, -0.2) is 37.8 Å². The standard InChI is InChI=1S/C25H25N3O6/c1-15-19(16(2)34-27-15)13-28-20-12-18(7-9-21(20)33-14-25(28)30)26-24(29)10-6-17-5-8-22(31-3)23(11-17)32-4/h5-12H,13-14H2,1-4H3,(H,26,29)/b10-6+. The van der Waals surface area contributed by atoms with E-state index in [1.165, 1.54) is 6.08 Å². The summed E-state index contributed by atoms with van der Waals surface area (Å²) in [5.74, 6) is 1.88. The lowest BCUT2D eigenvalue weighted by Gasteiger charge is -2.29. The molecule has 3 aromatic rings.